The van der Waals surface area contributed by atoms with Gasteiger partial charge in [-0.25, -0.2) is 4.79 Å². The molecule has 2 aliphatic heterocycles. The summed E-state index contributed by atoms with van der Waals surface area (Å²) < 4.78 is 6.71. The standard InChI is InChI=1S/C22H34BrN3O2/c1-17-15-24(12-13-26(17)21(27)28-22(2,3)4)16-18-8-9-19(23)14-20(18)25-10-6-5-7-11-25/h8-9,14,17H,5-7,10-13,15-16H2,1-4H3. The Morgan fingerprint density at radius 2 is 1.86 bits per heavy atom. The zero-order valence-electron chi connectivity index (χ0n) is 17.7. The minimum atomic E-state index is -0.450. The van der Waals surface area contributed by atoms with Crippen LogP contribution in [0, 0.1) is 0 Å². The minimum absolute atomic E-state index is 0.150. The second-order valence-electron chi connectivity index (χ2n) is 9.08. The maximum Gasteiger partial charge on any atom is 0.410 e. The number of hydrogen-bond donors (Lipinski definition) is 0. The van der Waals surface area contributed by atoms with Crippen LogP contribution >= 0.6 is 15.9 Å². The second-order valence-corrected chi connectivity index (χ2v) is 9.99. The first-order valence-electron chi connectivity index (χ1n) is 10.5. The van der Waals surface area contributed by atoms with Crippen LogP contribution in [0.4, 0.5) is 10.5 Å². The van der Waals surface area contributed by atoms with Crippen LogP contribution in [0.2, 0.25) is 0 Å². The van der Waals surface area contributed by atoms with E-state index in [1.54, 1.807) is 0 Å². The van der Waals surface area contributed by atoms with Gasteiger partial charge in [-0.3, -0.25) is 4.90 Å². The van der Waals surface area contributed by atoms with Gasteiger partial charge < -0.3 is 14.5 Å². The maximum absolute atomic E-state index is 12.5. The molecule has 0 radical (unpaired) electrons. The molecule has 0 bridgehead atoms. The largest absolute Gasteiger partial charge is 0.444 e. The van der Waals surface area contributed by atoms with E-state index in [0.717, 1.165) is 37.2 Å². The topological polar surface area (TPSA) is 36.0 Å². The average molecular weight is 452 g/mol. The normalized spacial score (nSPS) is 21.7. The average Bonchev–Trinajstić information content (AvgIpc) is 2.62. The number of piperidine rings is 1. The second kappa shape index (κ2) is 9.04. The van der Waals surface area contributed by atoms with Crippen molar-refractivity contribution in [3.8, 4) is 0 Å². The Hall–Kier alpha value is -1.27. The third kappa shape index (κ3) is 5.63. The number of amides is 1. The van der Waals surface area contributed by atoms with Crippen LogP contribution in [-0.4, -0.2) is 60.3 Å². The van der Waals surface area contributed by atoms with Gasteiger partial charge in [0, 0.05) is 55.5 Å². The van der Waals surface area contributed by atoms with Gasteiger partial charge in [0.1, 0.15) is 5.60 Å². The highest BCUT2D eigenvalue weighted by Crippen LogP contribution is 2.29. The lowest BCUT2D eigenvalue weighted by Crippen LogP contribution is -2.54. The fourth-order valence-corrected chi connectivity index (χ4v) is 4.46. The highest BCUT2D eigenvalue weighted by molar-refractivity contribution is 9.10. The van der Waals surface area contributed by atoms with Gasteiger partial charge in [-0.2, -0.15) is 0 Å². The molecule has 5 nitrogen and oxygen atoms in total. The molecule has 28 heavy (non-hydrogen) atoms. The number of carbonyl (C=O) groups excluding carboxylic acids is 1. The molecule has 0 spiro atoms. The molecule has 0 aromatic heterocycles. The van der Waals surface area contributed by atoms with Gasteiger partial charge in [-0.05, 0) is 64.7 Å². The number of ether oxygens (including phenoxy) is 1. The Kier molecular flexibility index (Phi) is 6.92. The number of carbonyl (C=O) groups is 1. The van der Waals surface area contributed by atoms with Gasteiger partial charge in [-0.15, -0.1) is 0 Å². The molecule has 2 aliphatic rings. The van der Waals surface area contributed by atoms with Crippen molar-refractivity contribution >= 4 is 27.7 Å². The van der Waals surface area contributed by atoms with E-state index in [1.807, 2.05) is 25.7 Å². The number of piperazine rings is 1. The zero-order valence-corrected chi connectivity index (χ0v) is 19.3. The molecule has 0 aliphatic carbocycles. The highest BCUT2D eigenvalue weighted by Gasteiger charge is 2.31. The molecule has 2 heterocycles. The van der Waals surface area contributed by atoms with Crippen molar-refractivity contribution in [3.05, 3.63) is 28.2 Å². The Morgan fingerprint density at radius 1 is 1.14 bits per heavy atom. The molecule has 1 aromatic carbocycles. The predicted octanol–water partition coefficient (Wildman–Crippen LogP) is 4.88. The molecule has 6 heteroatoms. The maximum atomic E-state index is 12.5. The van der Waals surface area contributed by atoms with E-state index in [-0.39, 0.29) is 12.1 Å². The van der Waals surface area contributed by atoms with Gasteiger partial charge >= 0.3 is 6.09 Å². The fraction of sp³-hybridized carbons (Fsp3) is 0.682. The van der Waals surface area contributed by atoms with E-state index in [4.69, 9.17) is 4.74 Å². The lowest BCUT2D eigenvalue weighted by atomic mass is 10.1. The molecule has 2 saturated heterocycles. The summed E-state index contributed by atoms with van der Waals surface area (Å²) in [5.74, 6) is 0. The van der Waals surface area contributed by atoms with Crippen LogP contribution in [0.3, 0.4) is 0 Å². The summed E-state index contributed by atoms with van der Waals surface area (Å²) in [6.45, 7) is 13.5. The van der Waals surface area contributed by atoms with E-state index in [0.29, 0.717) is 6.54 Å². The monoisotopic (exact) mass is 451 g/mol. The lowest BCUT2D eigenvalue weighted by molar-refractivity contribution is 0.000570. The molecule has 1 unspecified atom stereocenters. The Labute approximate surface area is 178 Å². The molecule has 3 rings (SSSR count). The lowest BCUT2D eigenvalue weighted by Gasteiger charge is -2.40. The van der Waals surface area contributed by atoms with Crippen molar-refractivity contribution in [1.82, 2.24) is 9.80 Å². The van der Waals surface area contributed by atoms with Crippen LogP contribution in [0.25, 0.3) is 0 Å². The third-order valence-corrected chi connectivity index (χ3v) is 5.97. The third-order valence-electron chi connectivity index (χ3n) is 5.48. The molecule has 0 saturated carbocycles. The van der Waals surface area contributed by atoms with E-state index in [2.05, 4.69) is 50.9 Å². The summed E-state index contributed by atoms with van der Waals surface area (Å²) in [4.78, 5) is 19.3. The van der Waals surface area contributed by atoms with Crippen molar-refractivity contribution in [2.75, 3.05) is 37.6 Å². The van der Waals surface area contributed by atoms with Gasteiger partial charge in [0.2, 0.25) is 0 Å². The van der Waals surface area contributed by atoms with Crippen molar-refractivity contribution < 1.29 is 9.53 Å². The summed E-state index contributed by atoms with van der Waals surface area (Å²) in [6, 6.07) is 6.81. The predicted molar refractivity (Wildman–Crippen MR) is 118 cm³/mol. The van der Waals surface area contributed by atoms with E-state index < -0.39 is 5.60 Å². The molecule has 1 atom stereocenters. The summed E-state index contributed by atoms with van der Waals surface area (Å²) in [5, 5.41) is 0. The van der Waals surface area contributed by atoms with Crippen LogP contribution in [0.5, 0.6) is 0 Å². The number of anilines is 1. The van der Waals surface area contributed by atoms with Crippen LogP contribution in [0.15, 0.2) is 22.7 Å². The Morgan fingerprint density at radius 3 is 2.50 bits per heavy atom. The van der Waals surface area contributed by atoms with Crippen molar-refractivity contribution in [3.63, 3.8) is 0 Å². The van der Waals surface area contributed by atoms with Crippen LogP contribution in [0.1, 0.15) is 52.5 Å². The summed E-state index contributed by atoms with van der Waals surface area (Å²) in [6.07, 6.45) is 3.69. The van der Waals surface area contributed by atoms with E-state index >= 15 is 0 Å². The number of hydrogen-bond acceptors (Lipinski definition) is 4. The first-order chi connectivity index (χ1) is 13.2. The molecule has 0 N–H and O–H groups in total. The zero-order chi connectivity index (χ0) is 20.3. The van der Waals surface area contributed by atoms with Crippen LogP contribution in [-0.2, 0) is 11.3 Å². The van der Waals surface area contributed by atoms with Gasteiger partial charge in [0.15, 0.2) is 0 Å². The molecular formula is C22H34BrN3O2. The summed E-state index contributed by atoms with van der Waals surface area (Å²) in [7, 11) is 0. The van der Waals surface area contributed by atoms with Gasteiger partial charge in [0.05, 0.1) is 0 Å². The SMILES string of the molecule is CC1CN(Cc2ccc(Br)cc2N2CCCCC2)CCN1C(=O)OC(C)(C)C. The van der Waals surface area contributed by atoms with Gasteiger partial charge in [-0.1, -0.05) is 22.0 Å². The number of halogens is 1. The quantitative estimate of drug-likeness (QED) is 0.655. The Balaban J connectivity index is 1.65. The molecule has 1 aromatic rings. The summed E-state index contributed by atoms with van der Waals surface area (Å²) >= 11 is 3.65. The molecule has 2 fully saturated rings. The molecule has 1 amide bonds. The van der Waals surface area contributed by atoms with Crippen molar-refractivity contribution in [2.24, 2.45) is 0 Å². The number of nitrogens with zero attached hydrogens (tertiary/aromatic N) is 3. The first kappa shape index (κ1) is 21.4. The number of rotatable bonds is 3. The summed E-state index contributed by atoms with van der Waals surface area (Å²) in [5.41, 5.74) is 2.29. The van der Waals surface area contributed by atoms with Crippen LogP contribution < -0.4 is 4.90 Å². The molecule has 156 valence electrons. The van der Waals surface area contributed by atoms with E-state index in [9.17, 15) is 4.79 Å². The smallest absolute Gasteiger partial charge is 0.410 e. The van der Waals surface area contributed by atoms with Gasteiger partial charge in [0.25, 0.3) is 0 Å². The molecular weight excluding hydrogens is 418 g/mol. The number of benzene rings is 1. The van der Waals surface area contributed by atoms with E-state index in [1.165, 1.54) is 30.5 Å². The fourth-order valence-electron chi connectivity index (χ4n) is 4.11. The Bertz CT molecular complexity index is 683. The van der Waals surface area contributed by atoms with Crippen molar-refractivity contribution in [2.45, 2.75) is 65.1 Å². The highest BCUT2D eigenvalue weighted by atomic mass is 79.9. The van der Waals surface area contributed by atoms with Crippen molar-refractivity contribution in [1.29, 1.82) is 0 Å². The first-order valence-corrected chi connectivity index (χ1v) is 11.3. The minimum Gasteiger partial charge on any atom is -0.444 e.